The minimum Gasteiger partial charge on any atom is -0.485 e. The molecule has 2 aliphatic rings. The molecule has 0 saturated carbocycles. The quantitative estimate of drug-likeness (QED) is 0.752. The molecule has 2 amide bonds. The zero-order valence-electron chi connectivity index (χ0n) is 18.9. The van der Waals surface area contributed by atoms with Gasteiger partial charge in [0.1, 0.15) is 17.5 Å². The lowest BCUT2D eigenvalue weighted by molar-refractivity contribution is -0.136. The number of hydrogen-bond acceptors (Lipinski definition) is 5. The number of amides is 2. The van der Waals surface area contributed by atoms with Crippen LogP contribution in [0, 0.1) is 5.92 Å². The van der Waals surface area contributed by atoms with E-state index in [1.807, 2.05) is 46.0 Å². The number of fused-ring (bicyclic) bond motifs is 1. The Bertz CT molecular complexity index is 753. The standard InChI is InChI=1S/C23H35N3O4/c1-6-25-16-18(29-20-10-8-7-9-19(20)25)15-24(5)21(27)17-11-13-26(14-12-17)22(28)30-23(2,3)4/h7-10,17-18H,6,11-16H2,1-5H3/t18-/m0/s1. The van der Waals surface area contributed by atoms with Gasteiger partial charge in [-0.25, -0.2) is 4.79 Å². The van der Waals surface area contributed by atoms with Crippen LogP contribution in [-0.4, -0.2) is 73.3 Å². The largest absolute Gasteiger partial charge is 0.485 e. The predicted octanol–water partition coefficient (Wildman–Crippen LogP) is 3.38. The van der Waals surface area contributed by atoms with E-state index >= 15 is 0 Å². The summed E-state index contributed by atoms with van der Waals surface area (Å²) in [6, 6.07) is 8.05. The van der Waals surface area contributed by atoms with Crippen molar-refractivity contribution in [2.75, 3.05) is 44.7 Å². The Balaban J connectivity index is 1.52. The Morgan fingerprint density at radius 3 is 2.50 bits per heavy atom. The first-order valence-electron chi connectivity index (χ1n) is 10.9. The molecule has 3 rings (SSSR count). The van der Waals surface area contributed by atoms with Gasteiger partial charge in [0.15, 0.2) is 0 Å². The first-order valence-corrected chi connectivity index (χ1v) is 10.9. The van der Waals surface area contributed by atoms with Gasteiger partial charge in [0.2, 0.25) is 5.91 Å². The third-order valence-electron chi connectivity index (χ3n) is 5.65. The van der Waals surface area contributed by atoms with E-state index in [1.54, 1.807) is 9.80 Å². The van der Waals surface area contributed by atoms with Crippen molar-refractivity contribution in [3.8, 4) is 5.75 Å². The summed E-state index contributed by atoms with van der Waals surface area (Å²) >= 11 is 0. The van der Waals surface area contributed by atoms with Gasteiger partial charge in [-0.2, -0.15) is 0 Å². The maximum absolute atomic E-state index is 13.0. The highest BCUT2D eigenvalue weighted by molar-refractivity contribution is 5.79. The minimum atomic E-state index is -0.505. The summed E-state index contributed by atoms with van der Waals surface area (Å²) in [5.41, 5.74) is 0.606. The molecule has 1 aromatic carbocycles. The van der Waals surface area contributed by atoms with Crippen molar-refractivity contribution in [2.24, 2.45) is 5.92 Å². The maximum Gasteiger partial charge on any atom is 0.410 e. The molecule has 1 aromatic rings. The number of hydrogen-bond donors (Lipinski definition) is 0. The van der Waals surface area contributed by atoms with Crippen LogP contribution in [0.15, 0.2) is 24.3 Å². The zero-order valence-corrected chi connectivity index (χ0v) is 18.9. The number of carbonyl (C=O) groups is 2. The smallest absolute Gasteiger partial charge is 0.410 e. The van der Waals surface area contributed by atoms with Crippen LogP contribution in [0.3, 0.4) is 0 Å². The van der Waals surface area contributed by atoms with Gasteiger partial charge in [-0.15, -0.1) is 0 Å². The second kappa shape index (κ2) is 9.14. The topological polar surface area (TPSA) is 62.3 Å². The number of likely N-dealkylation sites (tertiary alicyclic amines) is 1. The number of ether oxygens (including phenoxy) is 2. The summed E-state index contributed by atoms with van der Waals surface area (Å²) in [6.07, 6.45) is 0.974. The molecule has 1 atom stereocenters. The molecule has 0 aliphatic carbocycles. The highest BCUT2D eigenvalue weighted by atomic mass is 16.6. The molecule has 30 heavy (non-hydrogen) atoms. The summed E-state index contributed by atoms with van der Waals surface area (Å²) in [5.74, 6) is 0.943. The molecule has 0 bridgehead atoms. The third-order valence-corrected chi connectivity index (χ3v) is 5.65. The average molecular weight is 418 g/mol. The van der Waals surface area contributed by atoms with E-state index in [1.165, 1.54) is 0 Å². The van der Waals surface area contributed by atoms with E-state index in [0.29, 0.717) is 32.5 Å². The molecule has 2 heterocycles. The van der Waals surface area contributed by atoms with Crippen LogP contribution in [0.4, 0.5) is 10.5 Å². The minimum absolute atomic E-state index is 0.0596. The van der Waals surface area contributed by atoms with Gasteiger partial charge in [0.25, 0.3) is 0 Å². The van der Waals surface area contributed by atoms with Crippen LogP contribution in [0.25, 0.3) is 0 Å². The third kappa shape index (κ3) is 5.37. The van der Waals surface area contributed by atoms with Crippen molar-refractivity contribution in [3.63, 3.8) is 0 Å². The van der Waals surface area contributed by atoms with Crippen molar-refractivity contribution >= 4 is 17.7 Å². The van der Waals surface area contributed by atoms with Crippen LogP contribution in [0.5, 0.6) is 5.75 Å². The van der Waals surface area contributed by atoms with Gasteiger partial charge in [0.05, 0.1) is 18.8 Å². The van der Waals surface area contributed by atoms with Crippen molar-refractivity contribution in [3.05, 3.63) is 24.3 Å². The van der Waals surface area contributed by atoms with E-state index < -0.39 is 5.60 Å². The Labute approximate surface area is 179 Å². The van der Waals surface area contributed by atoms with Crippen LogP contribution < -0.4 is 9.64 Å². The summed E-state index contributed by atoms with van der Waals surface area (Å²) < 4.78 is 11.6. The first-order chi connectivity index (χ1) is 14.2. The number of para-hydroxylation sites is 2. The average Bonchev–Trinajstić information content (AvgIpc) is 2.71. The van der Waals surface area contributed by atoms with Crippen molar-refractivity contribution in [2.45, 2.75) is 52.2 Å². The van der Waals surface area contributed by atoms with Crippen LogP contribution in [-0.2, 0) is 9.53 Å². The Morgan fingerprint density at radius 1 is 1.20 bits per heavy atom. The van der Waals surface area contributed by atoms with E-state index in [-0.39, 0.29) is 24.0 Å². The van der Waals surface area contributed by atoms with Gasteiger partial charge >= 0.3 is 6.09 Å². The van der Waals surface area contributed by atoms with Crippen molar-refractivity contribution in [1.82, 2.24) is 9.80 Å². The van der Waals surface area contributed by atoms with Gasteiger partial charge in [-0.05, 0) is 52.7 Å². The monoisotopic (exact) mass is 417 g/mol. The van der Waals surface area contributed by atoms with E-state index in [9.17, 15) is 9.59 Å². The van der Waals surface area contributed by atoms with E-state index in [0.717, 1.165) is 24.5 Å². The summed E-state index contributed by atoms with van der Waals surface area (Å²) in [7, 11) is 1.85. The highest BCUT2D eigenvalue weighted by Crippen LogP contribution is 2.33. The Hall–Kier alpha value is -2.44. The first kappa shape index (κ1) is 22.2. The lowest BCUT2D eigenvalue weighted by Gasteiger charge is -2.38. The molecular weight excluding hydrogens is 382 g/mol. The number of likely N-dealkylation sites (N-methyl/N-ethyl adjacent to an activating group) is 2. The summed E-state index contributed by atoms with van der Waals surface area (Å²) in [4.78, 5) is 31.0. The fourth-order valence-electron chi connectivity index (χ4n) is 4.12. The lowest BCUT2D eigenvalue weighted by atomic mass is 9.95. The number of carbonyl (C=O) groups excluding carboxylic acids is 2. The second-order valence-electron chi connectivity index (χ2n) is 9.21. The fourth-order valence-corrected chi connectivity index (χ4v) is 4.12. The second-order valence-corrected chi connectivity index (χ2v) is 9.21. The normalized spacial score (nSPS) is 19.7. The molecule has 0 unspecified atom stereocenters. The fraction of sp³-hybridized carbons (Fsp3) is 0.652. The maximum atomic E-state index is 13.0. The van der Waals surface area contributed by atoms with Gasteiger partial charge < -0.3 is 24.2 Å². The molecule has 0 N–H and O–H groups in total. The zero-order chi connectivity index (χ0) is 21.9. The molecule has 1 fully saturated rings. The molecule has 0 aromatic heterocycles. The summed E-state index contributed by atoms with van der Waals surface area (Å²) in [6.45, 7) is 11.0. The SMILES string of the molecule is CCN1C[C@H](CN(C)C(=O)C2CCN(C(=O)OC(C)(C)C)CC2)Oc2ccccc21. The predicted molar refractivity (Wildman–Crippen MR) is 117 cm³/mol. The van der Waals surface area contributed by atoms with Crippen LogP contribution in [0.1, 0.15) is 40.5 Å². The number of rotatable bonds is 4. The Morgan fingerprint density at radius 2 is 1.87 bits per heavy atom. The van der Waals surface area contributed by atoms with Crippen molar-refractivity contribution < 1.29 is 19.1 Å². The van der Waals surface area contributed by atoms with Crippen molar-refractivity contribution in [1.29, 1.82) is 0 Å². The number of piperidine rings is 1. The van der Waals surface area contributed by atoms with E-state index in [2.05, 4.69) is 17.9 Å². The molecule has 2 aliphatic heterocycles. The van der Waals surface area contributed by atoms with Gasteiger partial charge in [-0.1, -0.05) is 12.1 Å². The highest BCUT2D eigenvalue weighted by Gasteiger charge is 2.33. The van der Waals surface area contributed by atoms with E-state index in [4.69, 9.17) is 9.47 Å². The van der Waals surface area contributed by atoms with Gasteiger partial charge in [0, 0.05) is 32.6 Å². The number of nitrogens with zero attached hydrogens (tertiary/aromatic N) is 3. The summed E-state index contributed by atoms with van der Waals surface area (Å²) in [5, 5.41) is 0. The molecule has 7 heteroatoms. The molecule has 0 spiro atoms. The lowest BCUT2D eigenvalue weighted by Crippen LogP contribution is -2.49. The molecular formula is C23H35N3O4. The number of benzene rings is 1. The molecule has 7 nitrogen and oxygen atoms in total. The molecule has 166 valence electrons. The molecule has 0 radical (unpaired) electrons. The van der Waals surface area contributed by atoms with Crippen LogP contribution in [0.2, 0.25) is 0 Å². The molecule has 1 saturated heterocycles. The van der Waals surface area contributed by atoms with Gasteiger partial charge in [-0.3, -0.25) is 4.79 Å². The van der Waals surface area contributed by atoms with Crippen LogP contribution >= 0.6 is 0 Å². The number of anilines is 1. The Kier molecular flexibility index (Phi) is 6.78.